The highest BCUT2D eigenvalue weighted by atomic mass is 16.3. The van der Waals surface area contributed by atoms with Gasteiger partial charge in [0.1, 0.15) is 0 Å². The number of benzene rings is 1. The minimum absolute atomic E-state index is 0.602. The molecule has 0 aliphatic heterocycles. The number of allylic oxidation sites excluding steroid dienone is 1. The summed E-state index contributed by atoms with van der Waals surface area (Å²) in [6.07, 6.45) is 7.58. The number of nitrogens with zero attached hydrogens (tertiary/aromatic N) is 2. The molecule has 1 aliphatic carbocycles. The van der Waals surface area contributed by atoms with Gasteiger partial charge in [-0.15, -0.1) is 0 Å². The Morgan fingerprint density at radius 3 is 3.00 bits per heavy atom. The Kier molecular flexibility index (Phi) is 2.71. The van der Waals surface area contributed by atoms with E-state index in [0.717, 1.165) is 35.9 Å². The maximum Gasteiger partial charge on any atom is 0.0883 e. The molecule has 1 N–H and O–H groups in total. The maximum absolute atomic E-state index is 10.6. The summed E-state index contributed by atoms with van der Waals surface area (Å²) in [4.78, 5) is 0. The van der Waals surface area contributed by atoms with Crippen molar-refractivity contribution in [3.63, 3.8) is 0 Å². The average molecular weight is 242 g/mol. The van der Waals surface area contributed by atoms with Gasteiger partial charge in [-0.1, -0.05) is 30.4 Å². The minimum atomic E-state index is -0.713. The van der Waals surface area contributed by atoms with Crippen molar-refractivity contribution in [2.24, 2.45) is 7.05 Å². The summed E-state index contributed by atoms with van der Waals surface area (Å²) >= 11 is 0. The van der Waals surface area contributed by atoms with Crippen LogP contribution < -0.4 is 0 Å². The first-order chi connectivity index (χ1) is 8.68. The van der Waals surface area contributed by atoms with Crippen LogP contribution in [0.1, 0.15) is 25.0 Å². The number of fused-ring (bicyclic) bond motifs is 1. The second kappa shape index (κ2) is 4.25. The van der Waals surface area contributed by atoms with Crippen LogP contribution in [0.5, 0.6) is 0 Å². The smallest absolute Gasteiger partial charge is 0.0883 e. The van der Waals surface area contributed by atoms with E-state index in [1.165, 1.54) is 0 Å². The van der Waals surface area contributed by atoms with Crippen LogP contribution in [0.3, 0.4) is 0 Å². The zero-order valence-corrected chi connectivity index (χ0v) is 10.6. The summed E-state index contributed by atoms with van der Waals surface area (Å²) in [7, 11) is 1.95. The number of para-hydroxylation sites is 1. The van der Waals surface area contributed by atoms with Gasteiger partial charge in [-0.25, -0.2) is 0 Å². The van der Waals surface area contributed by atoms with E-state index in [1.807, 2.05) is 29.9 Å². The standard InChI is InChI=1S/C15H18N2O/c1-17-14-8-4-3-7-12(14)13(16-17)11-15(18)9-5-2-6-10-15/h3-5,7-9,18H,2,6,10-11H2,1H3. The second-order valence-electron chi connectivity index (χ2n) is 5.16. The van der Waals surface area contributed by atoms with Crippen LogP contribution in [-0.2, 0) is 13.5 Å². The van der Waals surface area contributed by atoms with Crippen molar-refractivity contribution in [1.29, 1.82) is 0 Å². The molecule has 1 heterocycles. The first kappa shape index (κ1) is 11.5. The van der Waals surface area contributed by atoms with Gasteiger partial charge in [0.15, 0.2) is 0 Å². The van der Waals surface area contributed by atoms with Crippen molar-refractivity contribution in [2.45, 2.75) is 31.3 Å². The molecule has 1 aromatic heterocycles. The quantitative estimate of drug-likeness (QED) is 0.822. The minimum Gasteiger partial charge on any atom is -0.385 e. The van der Waals surface area contributed by atoms with Gasteiger partial charge in [0.05, 0.1) is 16.8 Å². The van der Waals surface area contributed by atoms with Crippen LogP contribution in [0.25, 0.3) is 10.9 Å². The average Bonchev–Trinajstić information content (AvgIpc) is 2.67. The van der Waals surface area contributed by atoms with E-state index in [-0.39, 0.29) is 0 Å². The molecule has 2 aromatic rings. The Hall–Kier alpha value is -1.61. The van der Waals surface area contributed by atoms with E-state index < -0.39 is 5.60 Å². The van der Waals surface area contributed by atoms with Crippen LogP contribution in [0, 0.1) is 0 Å². The Morgan fingerprint density at radius 1 is 1.39 bits per heavy atom. The summed E-state index contributed by atoms with van der Waals surface area (Å²) in [5, 5.41) is 16.3. The second-order valence-corrected chi connectivity index (χ2v) is 5.16. The first-order valence-electron chi connectivity index (χ1n) is 6.49. The first-order valence-corrected chi connectivity index (χ1v) is 6.49. The van der Waals surface area contributed by atoms with Crippen molar-refractivity contribution < 1.29 is 5.11 Å². The molecule has 1 atom stereocenters. The fourth-order valence-corrected chi connectivity index (χ4v) is 2.77. The molecule has 3 heteroatoms. The molecular weight excluding hydrogens is 224 g/mol. The Morgan fingerprint density at radius 2 is 2.22 bits per heavy atom. The van der Waals surface area contributed by atoms with Crippen molar-refractivity contribution in [1.82, 2.24) is 9.78 Å². The van der Waals surface area contributed by atoms with Gasteiger partial charge in [0.25, 0.3) is 0 Å². The summed E-state index contributed by atoms with van der Waals surface area (Å²) in [5.41, 5.74) is 1.40. The van der Waals surface area contributed by atoms with Gasteiger partial charge in [0, 0.05) is 18.9 Å². The predicted octanol–water partition coefficient (Wildman–Crippen LogP) is 2.59. The Balaban J connectivity index is 2.00. The molecule has 0 amide bonds. The van der Waals surface area contributed by atoms with Gasteiger partial charge in [-0.3, -0.25) is 4.68 Å². The van der Waals surface area contributed by atoms with E-state index >= 15 is 0 Å². The molecule has 0 fully saturated rings. The fraction of sp³-hybridized carbons (Fsp3) is 0.400. The summed E-state index contributed by atoms with van der Waals surface area (Å²) in [5.74, 6) is 0. The largest absolute Gasteiger partial charge is 0.385 e. The van der Waals surface area contributed by atoms with E-state index in [2.05, 4.69) is 23.3 Å². The van der Waals surface area contributed by atoms with Crippen molar-refractivity contribution in [3.8, 4) is 0 Å². The molecule has 1 unspecified atom stereocenters. The normalized spacial score (nSPS) is 23.7. The van der Waals surface area contributed by atoms with Crippen molar-refractivity contribution in [2.75, 3.05) is 0 Å². The lowest BCUT2D eigenvalue weighted by molar-refractivity contribution is 0.0743. The topological polar surface area (TPSA) is 38.0 Å². The van der Waals surface area contributed by atoms with E-state index in [4.69, 9.17) is 0 Å². The molecular formula is C15H18N2O. The lowest BCUT2D eigenvalue weighted by atomic mass is 9.86. The number of hydrogen-bond acceptors (Lipinski definition) is 2. The number of hydrogen-bond donors (Lipinski definition) is 1. The summed E-state index contributed by atoms with van der Waals surface area (Å²) < 4.78 is 1.89. The molecule has 0 spiro atoms. The van der Waals surface area contributed by atoms with Gasteiger partial charge in [0.2, 0.25) is 0 Å². The van der Waals surface area contributed by atoms with E-state index in [9.17, 15) is 5.11 Å². The molecule has 0 bridgehead atoms. The lowest BCUT2D eigenvalue weighted by Gasteiger charge is -2.26. The van der Waals surface area contributed by atoms with E-state index in [0.29, 0.717) is 6.42 Å². The van der Waals surface area contributed by atoms with Crippen LogP contribution in [-0.4, -0.2) is 20.5 Å². The van der Waals surface area contributed by atoms with Crippen molar-refractivity contribution >= 4 is 10.9 Å². The zero-order valence-electron chi connectivity index (χ0n) is 10.6. The van der Waals surface area contributed by atoms with Gasteiger partial charge in [-0.2, -0.15) is 5.10 Å². The number of aromatic nitrogens is 2. The lowest BCUT2D eigenvalue weighted by Crippen LogP contribution is -2.30. The number of aliphatic hydroxyl groups is 1. The monoisotopic (exact) mass is 242 g/mol. The Bertz CT molecular complexity index is 600. The molecule has 94 valence electrons. The van der Waals surface area contributed by atoms with Crippen molar-refractivity contribution in [3.05, 3.63) is 42.1 Å². The number of rotatable bonds is 2. The Labute approximate surface area is 107 Å². The molecule has 1 aliphatic rings. The SMILES string of the molecule is Cn1nc(CC2(O)C=CCCC2)c2ccccc21. The zero-order chi connectivity index (χ0) is 12.6. The van der Waals surface area contributed by atoms with Gasteiger partial charge < -0.3 is 5.11 Å². The predicted molar refractivity (Wildman–Crippen MR) is 72.4 cm³/mol. The van der Waals surface area contributed by atoms with E-state index in [1.54, 1.807) is 0 Å². The highest BCUT2D eigenvalue weighted by Gasteiger charge is 2.27. The highest BCUT2D eigenvalue weighted by molar-refractivity contribution is 5.82. The molecule has 0 saturated carbocycles. The maximum atomic E-state index is 10.6. The van der Waals surface area contributed by atoms with Crippen LogP contribution >= 0.6 is 0 Å². The molecule has 0 radical (unpaired) electrons. The van der Waals surface area contributed by atoms with Gasteiger partial charge >= 0.3 is 0 Å². The van der Waals surface area contributed by atoms with Crippen LogP contribution in [0.4, 0.5) is 0 Å². The van der Waals surface area contributed by atoms with Crippen LogP contribution in [0.2, 0.25) is 0 Å². The highest BCUT2D eigenvalue weighted by Crippen LogP contribution is 2.28. The third kappa shape index (κ3) is 1.95. The number of aryl methyl sites for hydroxylation is 1. The molecule has 3 rings (SSSR count). The molecule has 1 aromatic carbocycles. The third-order valence-electron chi connectivity index (χ3n) is 3.72. The molecule has 0 saturated heterocycles. The van der Waals surface area contributed by atoms with Crippen LogP contribution in [0.15, 0.2) is 36.4 Å². The summed E-state index contributed by atoms with van der Waals surface area (Å²) in [6.45, 7) is 0. The third-order valence-corrected chi connectivity index (χ3v) is 3.72. The molecule has 18 heavy (non-hydrogen) atoms. The van der Waals surface area contributed by atoms with Gasteiger partial charge in [-0.05, 0) is 25.3 Å². The summed E-state index contributed by atoms with van der Waals surface area (Å²) in [6, 6.07) is 8.18. The fourth-order valence-electron chi connectivity index (χ4n) is 2.77. The molecule has 3 nitrogen and oxygen atoms in total.